The zero-order chi connectivity index (χ0) is 19.8. The van der Waals surface area contributed by atoms with Gasteiger partial charge in [-0.05, 0) is 30.3 Å². The molecule has 0 aliphatic carbocycles. The van der Waals surface area contributed by atoms with Crippen molar-refractivity contribution in [3.05, 3.63) is 59.9 Å². The van der Waals surface area contributed by atoms with Crippen LogP contribution in [0.15, 0.2) is 53.6 Å². The summed E-state index contributed by atoms with van der Waals surface area (Å²) in [5.41, 5.74) is -0.0107. The van der Waals surface area contributed by atoms with Crippen LogP contribution in [0.1, 0.15) is 11.3 Å². The van der Waals surface area contributed by atoms with E-state index in [9.17, 15) is 21.6 Å². The fraction of sp³-hybridized carbons (Fsp3) is 0.0588. The van der Waals surface area contributed by atoms with Gasteiger partial charge >= 0.3 is 6.18 Å². The van der Waals surface area contributed by atoms with Crippen LogP contribution in [0.3, 0.4) is 0 Å². The van der Waals surface area contributed by atoms with Crippen molar-refractivity contribution in [3.63, 3.8) is 0 Å². The van der Waals surface area contributed by atoms with Crippen molar-refractivity contribution < 1.29 is 21.6 Å². The SMILES string of the molecule is C#Cc1ccc(-c2cc(C(F)(F)F)nn2-c2ccc(S(N)(=O)=O)cn2)cc1. The first-order chi connectivity index (χ1) is 12.6. The van der Waals surface area contributed by atoms with Gasteiger partial charge in [-0.15, -0.1) is 6.42 Å². The number of hydrogen-bond donors (Lipinski definition) is 1. The lowest BCUT2D eigenvalue weighted by molar-refractivity contribution is -0.141. The predicted octanol–water partition coefficient (Wildman–Crippen LogP) is 2.58. The topological polar surface area (TPSA) is 90.9 Å². The van der Waals surface area contributed by atoms with Crippen LogP contribution >= 0.6 is 0 Å². The molecule has 2 heterocycles. The molecule has 6 nitrogen and oxygen atoms in total. The van der Waals surface area contributed by atoms with Gasteiger partial charge in [-0.2, -0.15) is 18.3 Å². The van der Waals surface area contributed by atoms with E-state index in [0.29, 0.717) is 11.1 Å². The summed E-state index contributed by atoms with van der Waals surface area (Å²) in [7, 11) is -3.98. The minimum Gasteiger partial charge on any atom is -0.236 e. The molecule has 0 saturated carbocycles. The van der Waals surface area contributed by atoms with E-state index in [4.69, 9.17) is 11.6 Å². The molecule has 0 fully saturated rings. The van der Waals surface area contributed by atoms with Gasteiger partial charge < -0.3 is 0 Å². The van der Waals surface area contributed by atoms with E-state index >= 15 is 0 Å². The van der Waals surface area contributed by atoms with Crippen molar-refractivity contribution in [3.8, 4) is 29.4 Å². The van der Waals surface area contributed by atoms with Crippen LogP contribution in [-0.2, 0) is 16.2 Å². The summed E-state index contributed by atoms with van der Waals surface area (Å²) in [6, 6.07) is 9.50. The van der Waals surface area contributed by atoms with Crippen molar-refractivity contribution in [2.75, 3.05) is 0 Å². The maximum atomic E-state index is 13.1. The summed E-state index contributed by atoms with van der Waals surface area (Å²) < 4.78 is 63.0. The molecule has 0 spiro atoms. The Bertz CT molecular complexity index is 1130. The first-order valence-corrected chi connectivity index (χ1v) is 8.88. The Kier molecular flexibility index (Phi) is 4.51. The number of hydrogen-bond acceptors (Lipinski definition) is 4. The maximum absolute atomic E-state index is 13.1. The summed E-state index contributed by atoms with van der Waals surface area (Å²) in [6.45, 7) is 0. The molecule has 2 aromatic heterocycles. The van der Waals surface area contributed by atoms with Crippen molar-refractivity contribution >= 4 is 10.0 Å². The summed E-state index contributed by atoms with van der Waals surface area (Å²) in [5.74, 6) is 2.41. The van der Waals surface area contributed by atoms with Crippen molar-refractivity contribution in [2.45, 2.75) is 11.1 Å². The van der Waals surface area contributed by atoms with Gasteiger partial charge in [-0.25, -0.2) is 23.2 Å². The fourth-order valence-corrected chi connectivity index (χ4v) is 2.76. The number of benzene rings is 1. The molecule has 0 aliphatic rings. The zero-order valence-corrected chi connectivity index (χ0v) is 14.3. The number of sulfonamides is 1. The summed E-state index contributed by atoms with van der Waals surface area (Å²) in [4.78, 5) is 3.60. The number of rotatable bonds is 3. The predicted molar refractivity (Wildman–Crippen MR) is 91.1 cm³/mol. The first-order valence-electron chi connectivity index (χ1n) is 7.33. The van der Waals surface area contributed by atoms with Crippen molar-refractivity contribution in [1.29, 1.82) is 0 Å². The summed E-state index contributed by atoms with van der Waals surface area (Å²) in [6.07, 6.45) is 1.57. The number of pyridine rings is 1. The molecule has 0 atom stereocenters. The number of aromatic nitrogens is 3. The van der Waals surface area contributed by atoms with E-state index < -0.39 is 21.9 Å². The van der Waals surface area contributed by atoms with Gasteiger partial charge in [0.2, 0.25) is 10.0 Å². The highest BCUT2D eigenvalue weighted by Crippen LogP contribution is 2.33. The molecular weight excluding hydrogens is 381 g/mol. The highest BCUT2D eigenvalue weighted by Gasteiger charge is 2.35. The molecule has 0 aliphatic heterocycles. The van der Waals surface area contributed by atoms with Crippen LogP contribution < -0.4 is 5.14 Å². The van der Waals surface area contributed by atoms with Gasteiger partial charge in [0.25, 0.3) is 0 Å². The molecule has 2 N–H and O–H groups in total. The molecule has 0 unspecified atom stereocenters. The fourth-order valence-electron chi connectivity index (χ4n) is 2.30. The molecule has 3 rings (SSSR count). The van der Waals surface area contributed by atoms with E-state index in [-0.39, 0.29) is 16.4 Å². The lowest BCUT2D eigenvalue weighted by atomic mass is 10.1. The van der Waals surface area contributed by atoms with E-state index in [0.717, 1.165) is 23.0 Å². The van der Waals surface area contributed by atoms with Gasteiger partial charge in [0.1, 0.15) is 4.90 Å². The normalized spacial score (nSPS) is 12.0. The van der Waals surface area contributed by atoms with Gasteiger partial charge in [0, 0.05) is 17.3 Å². The monoisotopic (exact) mass is 392 g/mol. The maximum Gasteiger partial charge on any atom is 0.435 e. The standard InChI is InChI=1S/C17H11F3N4O2S/c1-2-11-3-5-12(6-4-11)14-9-15(17(18,19)20)23-24(14)16-8-7-13(10-22-16)27(21,25)26/h1,3-10H,(H2,21,25,26). The Morgan fingerprint density at radius 2 is 1.78 bits per heavy atom. The highest BCUT2D eigenvalue weighted by molar-refractivity contribution is 7.89. The van der Waals surface area contributed by atoms with Crippen LogP contribution in [0.5, 0.6) is 0 Å². The van der Waals surface area contributed by atoms with Crippen LogP contribution in [0, 0.1) is 12.3 Å². The molecule has 0 amide bonds. The quantitative estimate of drug-likeness (QED) is 0.694. The third-order valence-electron chi connectivity index (χ3n) is 3.61. The molecule has 10 heteroatoms. The number of terminal acetylenes is 1. The van der Waals surface area contributed by atoms with Crippen LogP contribution in [0.4, 0.5) is 13.2 Å². The Hall–Kier alpha value is -3.16. The Balaban J connectivity index is 2.16. The molecule has 138 valence electrons. The average Bonchev–Trinajstić information content (AvgIpc) is 3.07. The molecular formula is C17H11F3N4O2S. The number of halogens is 3. The highest BCUT2D eigenvalue weighted by atomic mass is 32.2. The number of nitrogens with zero attached hydrogens (tertiary/aromatic N) is 3. The first kappa shape index (κ1) is 18.6. The van der Waals surface area contributed by atoms with Crippen molar-refractivity contribution in [1.82, 2.24) is 14.8 Å². The Morgan fingerprint density at radius 3 is 2.26 bits per heavy atom. The minimum atomic E-state index is -4.67. The lowest BCUT2D eigenvalue weighted by Crippen LogP contribution is -2.13. The lowest BCUT2D eigenvalue weighted by Gasteiger charge is -2.07. The van der Waals surface area contributed by atoms with E-state index in [1.165, 1.54) is 6.07 Å². The Labute approximate surface area is 152 Å². The van der Waals surface area contributed by atoms with E-state index in [1.807, 2.05) is 0 Å². The van der Waals surface area contributed by atoms with Crippen LogP contribution in [-0.4, -0.2) is 23.2 Å². The third kappa shape index (κ3) is 3.84. The van der Waals surface area contributed by atoms with E-state index in [1.54, 1.807) is 24.3 Å². The van der Waals surface area contributed by atoms with Crippen LogP contribution in [0.25, 0.3) is 17.1 Å². The third-order valence-corrected chi connectivity index (χ3v) is 4.51. The molecule has 1 aromatic carbocycles. The van der Waals surface area contributed by atoms with Gasteiger partial charge in [-0.3, -0.25) is 0 Å². The largest absolute Gasteiger partial charge is 0.435 e. The smallest absolute Gasteiger partial charge is 0.236 e. The van der Waals surface area contributed by atoms with Gasteiger partial charge in [0.05, 0.1) is 5.69 Å². The molecule has 27 heavy (non-hydrogen) atoms. The minimum absolute atomic E-state index is 0.00562. The second kappa shape index (κ2) is 6.53. The molecule has 0 saturated heterocycles. The van der Waals surface area contributed by atoms with E-state index in [2.05, 4.69) is 16.0 Å². The molecule has 0 bridgehead atoms. The van der Waals surface area contributed by atoms with Gasteiger partial charge in [0.15, 0.2) is 11.5 Å². The summed E-state index contributed by atoms with van der Waals surface area (Å²) in [5, 5.41) is 8.57. The summed E-state index contributed by atoms with van der Waals surface area (Å²) >= 11 is 0. The second-order valence-electron chi connectivity index (χ2n) is 5.44. The number of alkyl halides is 3. The molecule has 3 aromatic rings. The number of nitrogens with two attached hydrogens (primary N) is 1. The second-order valence-corrected chi connectivity index (χ2v) is 7.00. The average molecular weight is 392 g/mol. The zero-order valence-electron chi connectivity index (χ0n) is 13.5. The van der Waals surface area contributed by atoms with Crippen molar-refractivity contribution in [2.24, 2.45) is 5.14 Å². The number of primary sulfonamides is 1. The van der Waals surface area contributed by atoms with Gasteiger partial charge in [-0.1, -0.05) is 18.1 Å². The van der Waals surface area contributed by atoms with Crippen LogP contribution in [0.2, 0.25) is 0 Å². The molecule has 0 radical (unpaired) electrons. The Morgan fingerprint density at radius 1 is 1.11 bits per heavy atom.